The second kappa shape index (κ2) is 8.36. The zero-order valence-electron chi connectivity index (χ0n) is 13.8. The maximum Gasteiger partial charge on any atom is 0.128 e. The topological polar surface area (TPSA) is 61.7 Å². The van der Waals surface area contributed by atoms with Gasteiger partial charge in [-0.15, -0.1) is 0 Å². The zero-order chi connectivity index (χ0) is 18.4. The fourth-order valence-electron chi connectivity index (χ4n) is 2.36. The molecule has 0 aliphatic heterocycles. The van der Waals surface area contributed by atoms with Crippen LogP contribution in [0.15, 0.2) is 78.1 Å². The molecule has 6 heteroatoms. The van der Waals surface area contributed by atoms with Gasteiger partial charge in [-0.05, 0) is 30.3 Å². The van der Waals surface area contributed by atoms with E-state index < -0.39 is 0 Å². The maximum absolute atomic E-state index is 13.9. The molecule has 3 aromatic rings. The Morgan fingerprint density at radius 2 is 1.54 bits per heavy atom. The van der Waals surface area contributed by atoms with Gasteiger partial charge >= 0.3 is 0 Å². The highest BCUT2D eigenvalue weighted by atomic mass is 35.5. The van der Waals surface area contributed by atoms with Gasteiger partial charge in [0.1, 0.15) is 11.5 Å². The molecule has 0 atom stereocenters. The third-order valence-electron chi connectivity index (χ3n) is 3.69. The molecule has 1 aromatic carbocycles. The Bertz CT molecular complexity index is 927. The summed E-state index contributed by atoms with van der Waals surface area (Å²) in [5.74, 6) is -0.309. The van der Waals surface area contributed by atoms with E-state index in [4.69, 9.17) is 17.0 Å². The first-order valence-corrected chi connectivity index (χ1v) is 8.33. The fraction of sp³-hybridized carbons (Fsp3) is 0.0500. The lowest BCUT2D eigenvalue weighted by molar-refractivity contribution is 0.605. The molecule has 0 fully saturated rings. The van der Waals surface area contributed by atoms with Crippen LogP contribution in [0.25, 0.3) is 5.70 Å². The number of aromatic nitrogens is 2. The largest absolute Gasteiger partial charge is 0.378 e. The number of allylic oxidation sites excluding steroid dienone is 1. The van der Waals surface area contributed by atoms with Gasteiger partial charge in [-0.3, -0.25) is 15.4 Å². The van der Waals surface area contributed by atoms with Crippen LogP contribution in [0.4, 0.5) is 4.39 Å². The Balaban J connectivity index is 1.95. The van der Waals surface area contributed by atoms with E-state index in [-0.39, 0.29) is 23.1 Å². The van der Waals surface area contributed by atoms with Crippen LogP contribution in [0.5, 0.6) is 0 Å². The number of nitrogens with one attached hydrogen (secondary N) is 2. The van der Waals surface area contributed by atoms with Crippen molar-refractivity contribution in [3.63, 3.8) is 0 Å². The summed E-state index contributed by atoms with van der Waals surface area (Å²) in [6, 6.07) is 17.1. The number of nitrogens with zero attached hydrogens (tertiary/aromatic N) is 2. The molecule has 0 radical (unpaired) electrons. The average Bonchev–Trinajstić information content (AvgIpc) is 2.70. The molecule has 3 rings (SSSR count). The van der Waals surface area contributed by atoms with Crippen LogP contribution in [0.3, 0.4) is 0 Å². The van der Waals surface area contributed by atoms with Crippen molar-refractivity contribution in [1.29, 1.82) is 5.41 Å². The molecule has 0 aliphatic carbocycles. The average molecular weight is 367 g/mol. The summed E-state index contributed by atoms with van der Waals surface area (Å²) >= 11 is 6.49. The van der Waals surface area contributed by atoms with Crippen molar-refractivity contribution in [2.24, 2.45) is 0 Å². The molecule has 4 nitrogen and oxygen atoms in total. The standard InChI is InChI=1S/C20H16ClFN4/c21-18(19(23)16-9-3-5-11-24-16)20(17-10-4-6-12-25-17)26-13-14-7-1-2-8-15(14)22/h1-12,23,26H,13H2/b20-18+,23-19?. The molecular weight excluding hydrogens is 351 g/mol. The van der Waals surface area contributed by atoms with E-state index in [9.17, 15) is 4.39 Å². The van der Waals surface area contributed by atoms with Gasteiger partial charge in [-0.1, -0.05) is 41.9 Å². The lowest BCUT2D eigenvalue weighted by Gasteiger charge is -2.14. The molecule has 0 amide bonds. The van der Waals surface area contributed by atoms with E-state index in [0.29, 0.717) is 22.6 Å². The van der Waals surface area contributed by atoms with Crippen LogP contribution in [-0.4, -0.2) is 15.7 Å². The summed E-state index contributed by atoms with van der Waals surface area (Å²) in [4.78, 5) is 8.45. The highest BCUT2D eigenvalue weighted by Crippen LogP contribution is 2.21. The number of halogens is 2. The van der Waals surface area contributed by atoms with Crippen LogP contribution in [0, 0.1) is 11.2 Å². The predicted molar refractivity (Wildman–Crippen MR) is 101 cm³/mol. The summed E-state index contributed by atoms with van der Waals surface area (Å²) in [7, 11) is 0. The van der Waals surface area contributed by atoms with Gasteiger partial charge in [0.2, 0.25) is 0 Å². The summed E-state index contributed by atoms with van der Waals surface area (Å²) < 4.78 is 13.9. The van der Waals surface area contributed by atoms with Crippen molar-refractivity contribution in [2.45, 2.75) is 6.54 Å². The second-order valence-electron chi connectivity index (χ2n) is 5.44. The molecule has 0 bridgehead atoms. The van der Waals surface area contributed by atoms with Crippen molar-refractivity contribution >= 4 is 23.0 Å². The second-order valence-corrected chi connectivity index (χ2v) is 5.82. The Kier molecular flexibility index (Phi) is 5.71. The normalized spacial score (nSPS) is 11.6. The first-order chi connectivity index (χ1) is 12.7. The van der Waals surface area contributed by atoms with E-state index >= 15 is 0 Å². The quantitative estimate of drug-likeness (QED) is 0.636. The monoisotopic (exact) mass is 366 g/mol. The van der Waals surface area contributed by atoms with Gasteiger partial charge in [-0.25, -0.2) is 4.39 Å². The van der Waals surface area contributed by atoms with Gasteiger partial charge in [0, 0.05) is 24.5 Å². The minimum absolute atomic E-state index is 0.0638. The van der Waals surface area contributed by atoms with Crippen molar-refractivity contribution in [1.82, 2.24) is 15.3 Å². The van der Waals surface area contributed by atoms with E-state index in [2.05, 4.69) is 15.3 Å². The van der Waals surface area contributed by atoms with Gasteiger partial charge in [0.15, 0.2) is 0 Å². The molecule has 2 N–H and O–H groups in total. The molecule has 130 valence electrons. The SMILES string of the molecule is N=C(/C(Cl)=C(\NCc1ccccc1F)c1ccccn1)c1ccccn1. The molecule has 0 spiro atoms. The molecule has 2 heterocycles. The highest BCUT2D eigenvalue weighted by molar-refractivity contribution is 6.48. The Morgan fingerprint density at radius 1 is 0.923 bits per heavy atom. The minimum Gasteiger partial charge on any atom is -0.378 e. The number of benzene rings is 1. The van der Waals surface area contributed by atoms with E-state index in [1.54, 1.807) is 60.9 Å². The number of hydrogen-bond acceptors (Lipinski definition) is 4. The van der Waals surface area contributed by atoms with Crippen LogP contribution in [0.2, 0.25) is 0 Å². The maximum atomic E-state index is 13.9. The van der Waals surface area contributed by atoms with Crippen LogP contribution in [-0.2, 0) is 6.54 Å². The minimum atomic E-state index is -0.309. The molecule has 0 saturated carbocycles. The fourth-order valence-corrected chi connectivity index (χ4v) is 2.63. The van der Waals surface area contributed by atoms with Gasteiger partial charge in [0.25, 0.3) is 0 Å². The predicted octanol–water partition coefficient (Wildman–Crippen LogP) is 4.38. The van der Waals surface area contributed by atoms with Crippen LogP contribution >= 0.6 is 11.6 Å². The Hall–Kier alpha value is -3.05. The van der Waals surface area contributed by atoms with Crippen LogP contribution < -0.4 is 5.32 Å². The molecule has 0 saturated heterocycles. The van der Waals surface area contributed by atoms with E-state index in [1.165, 1.54) is 6.07 Å². The third kappa shape index (κ3) is 4.13. The number of hydrogen-bond donors (Lipinski definition) is 2. The lowest BCUT2D eigenvalue weighted by Crippen LogP contribution is -2.17. The molecule has 26 heavy (non-hydrogen) atoms. The first kappa shape index (κ1) is 17.8. The van der Waals surface area contributed by atoms with Crippen LogP contribution in [0.1, 0.15) is 17.0 Å². The van der Waals surface area contributed by atoms with Gasteiger partial charge in [0.05, 0.1) is 22.1 Å². The summed E-state index contributed by atoms with van der Waals surface area (Å²) in [5.41, 5.74) is 2.02. The van der Waals surface area contributed by atoms with Gasteiger partial charge in [-0.2, -0.15) is 0 Å². The zero-order valence-corrected chi connectivity index (χ0v) is 14.5. The molecule has 2 aromatic heterocycles. The number of pyridine rings is 2. The molecule has 0 aliphatic rings. The van der Waals surface area contributed by atoms with E-state index in [0.717, 1.165) is 0 Å². The lowest BCUT2D eigenvalue weighted by atomic mass is 10.1. The van der Waals surface area contributed by atoms with Gasteiger partial charge < -0.3 is 5.32 Å². The van der Waals surface area contributed by atoms with Crippen molar-refractivity contribution < 1.29 is 4.39 Å². The van der Waals surface area contributed by atoms with E-state index in [1.807, 2.05) is 6.07 Å². The van der Waals surface area contributed by atoms with Crippen molar-refractivity contribution in [3.05, 3.63) is 101 Å². The summed E-state index contributed by atoms with van der Waals surface area (Å²) in [5, 5.41) is 11.6. The molecule has 0 unspecified atom stereocenters. The Morgan fingerprint density at radius 3 is 2.15 bits per heavy atom. The Labute approximate surface area is 155 Å². The highest BCUT2D eigenvalue weighted by Gasteiger charge is 2.16. The third-order valence-corrected chi connectivity index (χ3v) is 4.07. The van der Waals surface area contributed by atoms with Crippen molar-refractivity contribution in [3.8, 4) is 0 Å². The van der Waals surface area contributed by atoms with Crippen molar-refractivity contribution in [2.75, 3.05) is 0 Å². The number of rotatable bonds is 6. The summed E-state index contributed by atoms with van der Waals surface area (Å²) in [6.07, 6.45) is 3.23. The first-order valence-electron chi connectivity index (χ1n) is 7.95. The molecular formula is C20H16ClFN4. The summed E-state index contributed by atoms with van der Waals surface area (Å²) in [6.45, 7) is 0.213. The smallest absolute Gasteiger partial charge is 0.128 e.